The van der Waals surface area contributed by atoms with Gasteiger partial charge in [0, 0.05) is 0 Å². The van der Waals surface area contributed by atoms with Gasteiger partial charge in [-0.2, -0.15) is 0 Å². The standard InChI is InChI=1S/C19H16As2N2O7.C2H6/c22-13-8-6-11-15(10-4-2-1-3-5-10)12-7-9-14(23)17(21(27,28)29)19(12)30-18(11)16(13)20(24,25)26;1-2/h1-9,22H,23H2,(H2,24,25,26)(H2,27,28,29);1-2H3. The van der Waals surface area contributed by atoms with E-state index in [9.17, 15) is 23.9 Å². The van der Waals surface area contributed by atoms with E-state index in [4.69, 9.17) is 15.6 Å². The zero-order valence-electron chi connectivity index (χ0n) is 17.2. The zero-order chi connectivity index (χ0) is 23.8. The molecule has 0 amide bonds. The van der Waals surface area contributed by atoms with Gasteiger partial charge in [0.15, 0.2) is 0 Å². The van der Waals surface area contributed by atoms with Gasteiger partial charge in [-0.1, -0.05) is 13.8 Å². The van der Waals surface area contributed by atoms with Gasteiger partial charge in [-0.3, -0.25) is 0 Å². The Hall–Kier alpha value is -2.51. The molecule has 0 unspecified atom stereocenters. The molecule has 0 radical (unpaired) electrons. The second-order valence-electron chi connectivity index (χ2n) is 6.65. The summed E-state index contributed by atoms with van der Waals surface area (Å²) in [7, 11) is 0. The van der Waals surface area contributed by atoms with Gasteiger partial charge >= 0.3 is 176 Å². The predicted molar refractivity (Wildman–Crippen MR) is 121 cm³/mol. The number of hydrogen-bond donors (Lipinski definition) is 6. The van der Waals surface area contributed by atoms with E-state index in [-0.39, 0.29) is 17.0 Å². The molecule has 11 heteroatoms. The van der Waals surface area contributed by atoms with Crippen LogP contribution in [0.1, 0.15) is 13.8 Å². The first-order valence-electron chi connectivity index (χ1n) is 9.54. The van der Waals surface area contributed by atoms with E-state index in [1.165, 1.54) is 18.2 Å². The topological polar surface area (TPSA) is 178 Å². The Kier molecular flexibility index (Phi) is 6.63. The van der Waals surface area contributed by atoms with Crippen molar-refractivity contribution < 1.29 is 28.3 Å². The van der Waals surface area contributed by atoms with Gasteiger partial charge in [0.25, 0.3) is 0 Å². The number of nitrogens with one attached hydrogen (secondary N) is 1. The monoisotopic (exact) mass is 564 g/mol. The minimum atomic E-state index is -5.66. The van der Waals surface area contributed by atoms with E-state index < -0.39 is 42.4 Å². The van der Waals surface area contributed by atoms with Crippen molar-refractivity contribution in [2.24, 2.45) is 0 Å². The molecule has 0 atom stereocenters. The Bertz CT molecular complexity index is 1420. The Morgan fingerprint density at radius 1 is 0.844 bits per heavy atom. The molecule has 2 aliphatic rings. The van der Waals surface area contributed by atoms with E-state index in [1.807, 2.05) is 13.8 Å². The summed E-state index contributed by atoms with van der Waals surface area (Å²) in [6, 6.07) is 14.5. The molecule has 2 aromatic rings. The third kappa shape index (κ3) is 4.23. The number of nitrogen functional groups attached to an aromatic ring is 1. The molecule has 0 saturated carbocycles. The average molecular weight is 564 g/mol. The fourth-order valence-corrected chi connectivity index (χ4v) is 6.99. The summed E-state index contributed by atoms with van der Waals surface area (Å²) in [5, 5.41) is 7.90. The maximum atomic E-state index is 12.2. The zero-order valence-corrected chi connectivity index (χ0v) is 20.9. The van der Waals surface area contributed by atoms with Crippen LogP contribution in [0.5, 0.6) is 0 Å². The number of benzene rings is 3. The van der Waals surface area contributed by atoms with Crippen LogP contribution in [-0.4, -0.2) is 44.7 Å². The van der Waals surface area contributed by atoms with Crippen LogP contribution in [-0.2, 0) is 7.48 Å². The summed E-state index contributed by atoms with van der Waals surface area (Å²) in [4.78, 5) is 0. The van der Waals surface area contributed by atoms with E-state index in [0.717, 1.165) is 0 Å². The third-order valence-electron chi connectivity index (χ3n) is 4.68. The van der Waals surface area contributed by atoms with Crippen molar-refractivity contribution in [3.05, 3.63) is 60.0 Å². The molecule has 4 rings (SSSR count). The predicted octanol–water partition coefficient (Wildman–Crippen LogP) is 0.414. The summed E-state index contributed by atoms with van der Waals surface area (Å²) in [6.45, 7) is 4.00. The summed E-state index contributed by atoms with van der Waals surface area (Å²) in [6.07, 6.45) is 0. The first-order chi connectivity index (χ1) is 15.0. The quantitative estimate of drug-likeness (QED) is 0.118. The fraction of sp³-hybridized carbons (Fsp3) is 0.0952. The first-order valence-corrected chi connectivity index (χ1v) is 16.3. The van der Waals surface area contributed by atoms with Crippen LogP contribution in [0, 0.1) is 5.41 Å². The Balaban J connectivity index is 0.00000141. The molecule has 1 aliphatic carbocycles. The summed E-state index contributed by atoms with van der Waals surface area (Å²) < 4.78 is 68.7. The molecule has 0 bridgehead atoms. The van der Waals surface area contributed by atoms with Crippen LogP contribution < -0.4 is 19.8 Å². The molecule has 2 aromatic carbocycles. The Labute approximate surface area is 189 Å². The summed E-state index contributed by atoms with van der Waals surface area (Å²) >= 11 is -11.3. The minimum absolute atomic E-state index is 0.192. The normalized spacial score (nSPS) is 11.9. The van der Waals surface area contributed by atoms with Gasteiger partial charge in [0.2, 0.25) is 0 Å². The second-order valence-corrected chi connectivity index (χ2v) is 13.1. The van der Waals surface area contributed by atoms with E-state index in [2.05, 4.69) is 0 Å². The van der Waals surface area contributed by atoms with Gasteiger partial charge in [0.05, 0.1) is 0 Å². The van der Waals surface area contributed by atoms with E-state index >= 15 is 0 Å². The van der Waals surface area contributed by atoms with Gasteiger partial charge in [-0.25, -0.2) is 0 Å². The van der Waals surface area contributed by atoms with Crippen LogP contribution in [0.25, 0.3) is 33.4 Å². The Morgan fingerprint density at radius 3 is 2.00 bits per heavy atom. The van der Waals surface area contributed by atoms with Crippen molar-refractivity contribution in [2.45, 2.75) is 13.8 Å². The molecule has 32 heavy (non-hydrogen) atoms. The third-order valence-corrected chi connectivity index (χ3v) is 9.03. The van der Waals surface area contributed by atoms with Gasteiger partial charge < -0.3 is 0 Å². The fourth-order valence-electron chi connectivity index (χ4n) is 3.51. The van der Waals surface area contributed by atoms with Crippen LogP contribution in [0.4, 0.5) is 5.69 Å². The van der Waals surface area contributed by atoms with Crippen LogP contribution in [0.3, 0.4) is 0 Å². The van der Waals surface area contributed by atoms with Crippen LogP contribution in [0.2, 0.25) is 0 Å². The molecule has 0 spiro atoms. The number of nitrogens with two attached hydrogens (primary N) is 1. The molecular formula is C21H22As2N2O7. The van der Waals surface area contributed by atoms with Crippen LogP contribution in [0.15, 0.2) is 59.0 Å². The summed E-state index contributed by atoms with van der Waals surface area (Å²) in [5.41, 5.74) is 6.79. The van der Waals surface area contributed by atoms with Gasteiger partial charge in [0.1, 0.15) is 0 Å². The maximum absolute atomic E-state index is 12.2. The van der Waals surface area contributed by atoms with Gasteiger partial charge in [-0.15, -0.1) is 0 Å². The van der Waals surface area contributed by atoms with E-state index in [1.54, 1.807) is 36.4 Å². The molecule has 0 fully saturated rings. The van der Waals surface area contributed by atoms with Crippen molar-refractivity contribution in [1.29, 1.82) is 5.41 Å². The number of rotatable bonds is 3. The SMILES string of the molecule is CC.N=c1ccc2c(-c3ccccc3)c3ccc(N)c([As](=O)(O)O)c3oc-2c1[As](=O)(O)O. The molecular weight excluding hydrogens is 542 g/mol. The van der Waals surface area contributed by atoms with Crippen molar-refractivity contribution in [3.63, 3.8) is 0 Å². The molecule has 1 aliphatic heterocycles. The molecule has 1 heterocycles. The summed E-state index contributed by atoms with van der Waals surface area (Å²) in [5.74, 6) is -0.294. The second kappa shape index (κ2) is 8.79. The molecule has 0 saturated heterocycles. The molecule has 9 nitrogen and oxygen atoms in total. The van der Waals surface area contributed by atoms with Crippen molar-refractivity contribution in [2.75, 3.05) is 5.73 Å². The van der Waals surface area contributed by atoms with Crippen molar-refractivity contribution >= 4 is 53.7 Å². The molecule has 0 aromatic heterocycles. The average Bonchev–Trinajstić information content (AvgIpc) is 2.72. The van der Waals surface area contributed by atoms with E-state index in [0.29, 0.717) is 22.1 Å². The number of hydrogen-bond acceptors (Lipinski definition) is 5. The molecule has 168 valence electrons. The number of anilines is 1. The number of fused-ring (bicyclic) bond motifs is 2. The van der Waals surface area contributed by atoms with Crippen molar-refractivity contribution in [3.8, 4) is 22.5 Å². The van der Waals surface area contributed by atoms with Crippen LogP contribution >= 0.6 is 0 Å². The Morgan fingerprint density at radius 2 is 1.44 bits per heavy atom. The first kappa shape index (κ1) is 24.1. The molecule has 7 N–H and O–H groups in total. The van der Waals surface area contributed by atoms with Gasteiger partial charge in [-0.05, 0) is 0 Å². The van der Waals surface area contributed by atoms with Crippen molar-refractivity contribution in [1.82, 2.24) is 0 Å².